The lowest BCUT2D eigenvalue weighted by Crippen LogP contribution is -2.32. The number of carbonyl (C=O) groups is 1. The molecule has 8 nitrogen and oxygen atoms in total. The minimum absolute atomic E-state index is 0.0486. The highest BCUT2D eigenvalue weighted by molar-refractivity contribution is 7.97. The second kappa shape index (κ2) is 9.23. The van der Waals surface area contributed by atoms with Gasteiger partial charge in [-0.2, -0.15) is 11.8 Å². The normalized spacial score (nSPS) is 10.8. The Morgan fingerprint density at radius 1 is 1.18 bits per heavy atom. The van der Waals surface area contributed by atoms with Gasteiger partial charge in [-0.3, -0.25) is 14.9 Å². The fraction of sp³-hybridized carbons (Fsp3) is 0.263. The summed E-state index contributed by atoms with van der Waals surface area (Å²) in [6, 6.07) is 14.0. The Hall–Kier alpha value is -3.07. The third-order valence-electron chi connectivity index (χ3n) is 4.16. The number of fused-ring (bicyclic) bond motifs is 1. The summed E-state index contributed by atoms with van der Waals surface area (Å²) in [6.07, 6.45) is 2.01. The van der Waals surface area contributed by atoms with Gasteiger partial charge in [-0.15, -0.1) is 0 Å². The number of nitro groups is 1. The largest absolute Gasteiger partial charge is 0.383 e. The molecule has 2 N–H and O–H groups in total. The maximum absolute atomic E-state index is 12.4. The van der Waals surface area contributed by atoms with Crippen molar-refractivity contribution in [2.45, 2.75) is 12.3 Å². The average molecular weight is 399 g/mol. The lowest BCUT2D eigenvalue weighted by molar-refractivity contribution is -0.384. The SMILES string of the molecule is CSCc1nc2ccccc2n1CC(=O)NCCNc1ccc([N+](=O)[O-])cc1. The van der Waals surface area contributed by atoms with Gasteiger partial charge >= 0.3 is 0 Å². The fourth-order valence-corrected chi connectivity index (χ4v) is 3.33. The first-order chi connectivity index (χ1) is 13.6. The zero-order chi connectivity index (χ0) is 19.9. The summed E-state index contributed by atoms with van der Waals surface area (Å²) < 4.78 is 1.95. The van der Waals surface area contributed by atoms with Crippen LogP contribution in [0.15, 0.2) is 48.5 Å². The van der Waals surface area contributed by atoms with Crippen LogP contribution in [0.4, 0.5) is 11.4 Å². The number of para-hydroxylation sites is 2. The molecule has 9 heteroatoms. The van der Waals surface area contributed by atoms with Crippen molar-refractivity contribution in [3.8, 4) is 0 Å². The van der Waals surface area contributed by atoms with E-state index < -0.39 is 4.92 Å². The van der Waals surface area contributed by atoms with Crippen LogP contribution in [0.2, 0.25) is 0 Å². The smallest absolute Gasteiger partial charge is 0.269 e. The van der Waals surface area contributed by atoms with Gasteiger partial charge in [0.05, 0.1) is 21.7 Å². The first-order valence-corrected chi connectivity index (χ1v) is 10.2. The van der Waals surface area contributed by atoms with E-state index in [4.69, 9.17) is 0 Å². The van der Waals surface area contributed by atoms with Crippen LogP contribution in [-0.2, 0) is 17.1 Å². The van der Waals surface area contributed by atoms with Gasteiger partial charge in [0.15, 0.2) is 0 Å². The molecule has 0 fully saturated rings. The number of non-ortho nitro benzene ring substituents is 1. The molecule has 0 aliphatic carbocycles. The molecule has 0 saturated carbocycles. The minimum atomic E-state index is -0.435. The lowest BCUT2D eigenvalue weighted by atomic mass is 10.3. The highest BCUT2D eigenvalue weighted by atomic mass is 32.2. The second-order valence-electron chi connectivity index (χ2n) is 6.12. The summed E-state index contributed by atoms with van der Waals surface area (Å²) in [5.41, 5.74) is 2.65. The van der Waals surface area contributed by atoms with Crippen molar-refractivity contribution >= 4 is 40.1 Å². The van der Waals surface area contributed by atoms with E-state index in [0.29, 0.717) is 13.1 Å². The molecule has 0 atom stereocenters. The fourth-order valence-electron chi connectivity index (χ4n) is 2.85. The first-order valence-electron chi connectivity index (χ1n) is 8.76. The van der Waals surface area contributed by atoms with Gasteiger partial charge in [0.25, 0.3) is 5.69 Å². The van der Waals surface area contributed by atoms with Crippen molar-refractivity contribution in [3.05, 3.63) is 64.5 Å². The van der Waals surface area contributed by atoms with Crippen molar-refractivity contribution in [2.75, 3.05) is 24.7 Å². The van der Waals surface area contributed by atoms with Crippen LogP contribution >= 0.6 is 11.8 Å². The zero-order valence-electron chi connectivity index (χ0n) is 15.4. The number of rotatable bonds is 9. The molecule has 3 aromatic rings. The molecule has 2 aromatic carbocycles. The predicted octanol–water partition coefficient (Wildman–Crippen LogP) is 3.04. The Labute approximate surface area is 166 Å². The first kappa shape index (κ1) is 19.7. The molecule has 0 aliphatic heterocycles. The number of anilines is 1. The highest BCUT2D eigenvalue weighted by Crippen LogP contribution is 2.19. The number of nitrogens with zero attached hydrogens (tertiary/aromatic N) is 3. The summed E-state index contributed by atoms with van der Waals surface area (Å²) in [7, 11) is 0. The van der Waals surface area contributed by atoms with E-state index in [1.165, 1.54) is 12.1 Å². The molecule has 146 valence electrons. The van der Waals surface area contributed by atoms with E-state index in [9.17, 15) is 14.9 Å². The van der Waals surface area contributed by atoms with Gasteiger partial charge in [-0.1, -0.05) is 12.1 Å². The molecular weight excluding hydrogens is 378 g/mol. The van der Waals surface area contributed by atoms with E-state index in [2.05, 4.69) is 15.6 Å². The van der Waals surface area contributed by atoms with Gasteiger partial charge in [-0.05, 0) is 30.5 Å². The summed E-state index contributed by atoms with van der Waals surface area (Å²) in [5.74, 6) is 1.53. The van der Waals surface area contributed by atoms with Crippen LogP contribution in [0.5, 0.6) is 0 Å². The number of nitrogens with one attached hydrogen (secondary N) is 2. The van der Waals surface area contributed by atoms with Crippen molar-refractivity contribution in [1.82, 2.24) is 14.9 Å². The Kier molecular flexibility index (Phi) is 6.49. The Bertz CT molecular complexity index is 971. The van der Waals surface area contributed by atoms with E-state index in [-0.39, 0.29) is 18.1 Å². The maximum Gasteiger partial charge on any atom is 0.269 e. The quantitative estimate of drug-likeness (QED) is 0.326. The molecule has 3 rings (SSSR count). The Morgan fingerprint density at radius 2 is 1.93 bits per heavy atom. The molecule has 0 aliphatic rings. The van der Waals surface area contributed by atoms with Crippen LogP contribution in [0.3, 0.4) is 0 Å². The van der Waals surface area contributed by atoms with E-state index in [1.54, 1.807) is 23.9 Å². The average Bonchev–Trinajstić information content (AvgIpc) is 3.03. The molecular formula is C19H21N5O3S. The molecule has 0 unspecified atom stereocenters. The second-order valence-corrected chi connectivity index (χ2v) is 6.98. The van der Waals surface area contributed by atoms with Crippen molar-refractivity contribution in [1.29, 1.82) is 0 Å². The van der Waals surface area contributed by atoms with Crippen LogP contribution in [0.25, 0.3) is 11.0 Å². The standard InChI is InChI=1S/C19H21N5O3S/c1-28-13-18-22-16-4-2-3-5-17(16)23(18)12-19(25)21-11-10-20-14-6-8-15(9-7-14)24(26)27/h2-9,20H,10-13H2,1H3,(H,21,25). The Morgan fingerprint density at radius 3 is 2.64 bits per heavy atom. The third-order valence-corrected chi connectivity index (χ3v) is 4.71. The monoisotopic (exact) mass is 399 g/mol. The molecule has 0 saturated heterocycles. The van der Waals surface area contributed by atoms with Gasteiger partial charge in [0.1, 0.15) is 12.4 Å². The van der Waals surface area contributed by atoms with Crippen molar-refractivity contribution in [2.24, 2.45) is 0 Å². The van der Waals surface area contributed by atoms with Crippen LogP contribution < -0.4 is 10.6 Å². The minimum Gasteiger partial charge on any atom is -0.383 e. The predicted molar refractivity (Wildman–Crippen MR) is 112 cm³/mol. The molecule has 0 spiro atoms. The number of thioether (sulfide) groups is 1. The number of imidazole rings is 1. The van der Waals surface area contributed by atoms with Gasteiger partial charge in [-0.25, -0.2) is 4.98 Å². The Balaban J connectivity index is 1.52. The molecule has 28 heavy (non-hydrogen) atoms. The van der Waals surface area contributed by atoms with Gasteiger partial charge < -0.3 is 15.2 Å². The van der Waals surface area contributed by atoms with Gasteiger partial charge in [0.2, 0.25) is 5.91 Å². The molecule has 0 radical (unpaired) electrons. The van der Waals surface area contributed by atoms with E-state index in [1.807, 2.05) is 35.1 Å². The molecule has 1 amide bonds. The lowest BCUT2D eigenvalue weighted by Gasteiger charge is -2.10. The maximum atomic E-state index is 12.4. The number of amides is 1. The molecule has 0 bridgehead atoms. The number of aromatic nitrogens is 2. The highest BCUT2D eigenvalue weighted by Gasteiger charge is 2.13. The van der Waals surface area contributed by atoms with Crippen LogP contribution in [0, 0.1) is 10.1 Å². The number of hydrogen-bond acceptors (Lipinski definition) is 6. The molecule has 1 heterocycles. The zero-order valence-corrected chi connectivity index (χ0v) is 16.2. The topological polar surface area (TPSA) is 102 Å². The number of hydrogen-bond donors (Lipinski definition) is 2. The number of carbonyl (C=O) groups excluding carboxylic acids is 1. The number of nitro benzene ring substituents is 1. The summed E-state index contributed by atoms with van der Waals surface area (Å²) >= 11 is 1.67. The summed E-state index contributed by atoms with van der Waals surface area (Å²) in [4.78, 5) is 27.2. The third kappa shape index (κ3) is 4.80. The van der Waals surface area contributed by atoms with Crippen molar-refractivity contribution in [3.63, 3.8) is 0 Å². The van der Waals surface area contributed by atoms with E-state index in [0.717, 1.165) is 28.3 Å². The molecule has 1 aromatic heterocycles. The van der Waals surface area contributed by atoms with Crippen LogP contribution in [0.1, 0.15) is 5.82 Å². The van der Waals surface area contributed by atoms with E-state index >= 15 is 0 Å². The summed E-state index contributed by atoms with van der Waals surface area (Å²) in [5, 5.41) is 16.7. The number of benzene rings is 2. The summed E-state index contributed by atoms with van der Waals surface area (Å²) in [6.45, 7) is 1.18. The van der Waals surface area contributed by atoms with Gasteiger partial charge in [0, 0.05) is 30.9 Å². The van der Waals surface area contributed by atoms with Crippen molar-refractivity contribution < 1.29 is 9.72 Å². The van der Waals surface area contributed by atoms with Crippen LogP contribution in [-0.4, -0.2) is 39.7 Å².